The van der Waals surface area contributed by atoms with Gasteiger partial charge in [-0.2, -0.15) is 0 Å². The van der Waals surface area contributed by atoms with Gasteiger partial charge in [0.05, 0.1) is 0 Å². The Bertz CT molecular complexity index is 5070. The van der Waals surface area contributed by atoms with E-state index in [9.17, 15) is 0 Å². The molecule has 0 nitrogen and oxygen atoms in total. The van der Waals surface area contributed by atoms with Gasteiger partial charge < -0.3 is 0 Å². The van der Waals surface area contributed by atoms with Crippen LogP contribution in [-0.4, -0.2) is 0 Å². The van der Waals surface area contributed by atoms with Crippen LogP contribution < -0.4 is 0 Å². The summed E-state index contributed by atoms with van der Waals surface area (Å²) in [6.07, 6.45) is 8.47. The molecule has 0 aliphatic heterocycles. The van der Waals surface area contributed by atoms with Crippen molar-refractivity contribution < 1.29 is 0 Å². The maximum absolute atomic E-state index is 2.37. The van der Waals surface area contributed by atoms with Gasteiger partial charge in [-0.3, -0.25) is 0 Å². The molecule has 1 aliphatic carbocycles. The Morgan fingerprint density at radius 2 is 0.530 bits per heavy atom. The normalized spacial score (nSPS) is 13.3. The van der Waals surface area contributed by atoms with Crippen LogP contribution in [0.4, 0.5) is 0 Å². The molecule has 16 rings (SSSR count). The summed E-state index contributed by atoms with van der Waals surface area (Å²) < 4.78 is 0. The van der Waals surface area contributed by atoms with Crippen molar-refractivity contribution in [3.8, 4) is 0 Å². The Balaban J connectivity index is 0.000000347. The maximum Gasteiger partial charge on any atom is -0.0103 e. The lowest BCUT2D eigenvalue weighted by Gasteiger charge is -2.16. The lowest BCUT2D eigenvalue weighted by molar-refractivity contribution is 0.532. The number of benzene rings is 15. The third kappa shape index (κ3) is 29.8. The molecule has 0 aromatic heterocycles. The fraction of sp³-hybridized carbons (Fsp3) is 0.368. The molecule has 0 heterocycles. The van der Waals surface area contributed by atoms with Gasteiger partial charge in [0.2, 0.25) is 0 Å². The average Bonchev–Trinajstić information content (AvgIpc) is 1.19. The second kappa shape index (κ2) is 57.5. The average molecular weight is 1560 g/mol. The van der Waals surface area contributed by atoms with Gasteiger partial charge in [-0.1, -0.05) is 479 Å². The third-order valence-electron chi connectivity index (χ3n) is 22.6. The van der Waals surface area contributed by atoms with E-state index in [1.165, 1.54) is 165 Å². The van der Waals surface area contributed by atoms with Crippen molar-refractivity contribution in [2.45, 2.75) is 280 Å². The summed E-state index contributed by atoms with van der Waals surface area (Å²) in [7, 11) is 0. The van der Waals surface area contributed by atoms with Gasteiger partial charge in [-0.25, -0.2) is 0 Å². The fourth-order valence-electron chi connectivity index (χ4n) is 14.5. The molecule has 0 spiro atoms. The molecule has 0 heteroatoms. The zero-order chi connectivity index (χ0) is 86.8. The minimum absolute atomic E-state index is 0.598. The van der Waals surface area contributed by atoms with Crippen LogP contribution in [0.2, 0.25) is 0 Å². The molecule has 15 aromatic rings. The SMILES string of the molecule is CC.CC.CC.CC.CC.CC.CC.CC1Cc2ccccc2C1C.CCC(C)c1c2ccccc2cc2ccccc12.CCC(C)c1ccc2cc3ccccc3cc2c1.CCC(C)c1ccc2ccc3ccccc3c2c1.CCC(C)c1ccc2ccccc2c1.CCC(C)c1cccc2ccccc12.CCC(C)c1ccccc1. The molecule has 1 aliphatic rings. The van der Waals surface area contributed by atoms with Crippen molar-refractivity contribution in [1.82, 2.24) is 0 Å². The number of fused-ring (bicyclic) bond motifs is 10. The van der Waals surface area contributed by atoms with Crippen LogP contribution in [0.3, 0.4) is 0 Å². The second-order valence-corrected chi connectivity index (χ2v) is 29.4. The first-order chi connectivity index (χ1) is 57.1. The zero-order valence-electron chi connectivity index (χ0n) is 78.4. The third-order valence-corrected chi connectivity index (χ3v) is 22.6. The summed E-state index contributed by atoms with van der Waals surface area (Å²) in [5.74, 6) is 5.51. The minimum Gasteiger partial charge on any atom is -0.0683 e. The van der Waals surface area contributed by atoms with E-state index in [-0.39, 0.29) is 0 Å². The van der Waals surface area contributed by atoms with Gasteiger partial charge >= 0.3 is 0 Å². The minimum atomic E-state index is 0.598. The summed E-state index contributed by atoms with van der Waals surface area (Å²) >= 11 is 0. The number of hydrogen-bond acceptors (Lipinski definition) is 0. The summed E-state index contributed by atoms with van der Waals surface area (Å²) in [5.41, 5.74) is 11.9. The molecule has 0 saturated carbocycles. The lowest BCUT2D eigenvalue weighted by atomic mass is 9.88. The molecular formula is C117H156. The molecule has 8 unspecified atom stereocenters. The summed E-state index contributed by atoms with van der Waals surface area (Å²) in [6.45, 7) is 59.9. The summed E-state index contributed by atoms with van der Waals surface area (Å²) in [4.78, 5) is 0. The molecule has 117 heavy (non-hydrogen) atoms. The van der Waals surface area contributed by atoms with Crippen molar-refractivity contribution >= 4 is 86.2 Å². The van der Waals surface area contributed by atoms with Gasteiger partial charge in [0.25, 0.3) is 0 Å². The van der Waals surface area contributed by atoms with E-state index in [1.54, 1.807) is 11.1 Å². The van der Waals surface area contributed by atoms with Crippen LogP contribution >= 0.6 is 0 Å². The van der Waals surface area contributed by atoms with Gasteiger partial charge in [0.1, 0.15) is 0 Å². The maximum atomic E-state index is 2.37. The van der Waals surface area contributed by atoms with E-state index < -0.39 is 0 Å². The molecule has 0 amide bonds. The molecule has 0 saturated heterocycles. The van der Waals surface area contributed by atoms with Crippen molar-refractivity contribution in [3.05, 3.63) is 348 Å². The fourth-order valence-corrected chi connectivity index (χ4v) is 14.5. The molecule has 0 bridgehead atoms. The Kier molecular flexibility index (Phi) is 49.9. The predicted octanol–water partition coefficient (Wildman–Crippen LogP) is 38.6. The Morgan fingerprint density at radius 3 is 1.01 bits per heavy atom. The molecule has 0 fully saturated rings. The Labute approximate surface area is 715 Å². The number of hydrogen-bond donors (Lipinski definition) is 0. The topological polar surface area (TPSA) is 0 Å². The van der Waals surface area contributed by atoms with Crippen LogP contribution in [0.1, 0.15) is 318 Å². The first-order valence-electron chi connectivity index (χ1n) is 46.0. The van der Waals surface area contributed by atoms with E-state index >= 15 is 0 Å². The smallest absolute Gasteiger partial charge is 0.0103 e. The van der Waals surface area contributed by atoms with Crippen LogP contribution in [0.25, 0.3) is 86.2 Å². The molecule has 624 valence electrons. The van der Waals surface area contributed by atoms with E-state index in [0.29, 0.717) is 35.5 Å². The van der Waals surface area contributed by atoms with Gasteiger partial charge in [0.15, 0.2) is 0 Å². The monoisotopic (exact) mass is 1560 g/mol. The first kappa shape index (κ1) is 102. The van der Waals surface area contributed by atoms with Gasteiger partial charge in [-0.05, 0) is 241 Å². The largest absolute Gasteiger partial charge is 0.0683 e. The highest BCUT2D eigenvalue weighted by Crippen LogP contribution is 2.38. The standard InChI is InChI=1S/3C18H18.2C14H16.C11H14.C10H14.7C2H6/c1-3-13(2)18-16-10-6-4-8-14(16)12-15-9-5-7-11-17(15)18;1-3-13(2)14-8-9-17-11-15-6-4-5-7-16(15)12-18(17)10-14;1-3-13(2)16-11-10-15-9-8-14-6-4-5-7-17(14)18(15)12-16;1-3-11(2)13-10-6-8-12-7-4-5-9-14(12)13;1-3-11(2)13-9-8-12-6-4-5-7-14(12)10-13;1-8-7-10-5-3-4-6-11(10)9(8)2;1-3-9(2)10-7-5-4-6-8-10;7*1-2/h3*4-13H,3H2,1-2H3;2*4-11H,3H2,1-2H3;3-6,8-9H,7H2,1-2H3;4-9H,3H2,1-2H3;7*1-2H3. The van der Waals surface area contributed by atoms with Crippen LogP contribution in [0.5, 0.6) is 0 Å². The molecule has 0 radical (unpaired) electrons. The van der Waals surface area contributed by atoms with Crippen LogP contribution in [0, 0.1) is 5.92 Å². The lowest BCUT2D eigenvalue weighted by Crippen LogP contribution is -1.97. The Hall–Kier alpha value is -9.62. The van der Waals surface area contributed by atoms with Crippen LogP contribution in [0.15, 0.2) is 303 Å². The van der Waals surface area contributed by atoms with Gasteiger partial charge in [0, 0.05) is 0 Å². The molecule has 0 N–H and O–H groups in total. The van der Waals surface area contributed by atoms with Crippen molar-refractivity contribution in [2.24, 2.45) is 5.92 Å². The van der Waals surface area contributed by atoms with Crippen molar-refractivity contribution in [3.63, 3.8) is 0 Å². The highest BCUT2D eigenvalue weighted by molar-refractivity contribution is 6.08. The van der Waals surface area contributed by atoms with E-state index in [0.717, 1.165) is 11.8 Å². The van der Waals surface area contributed by atoms with Crippen molar-refractivity contribution in [1.29, 1.82) is 0 Å². The van der Waals surface area contributed by atoms with E-state index in [1.807, 2.05) is 96.9 Å². The second-order valence-electron chi connectivity index (χ2n) is 29.4. The number of rotatable bonds is 12. The quantitative estimate of drug-likeness (QED) is 0.0845. The first-order valence-corrected chi connectivity index (χ1v) is 46.0. The van der Waals surface area contributed by atoms with Gasteiger partial charge in [-0.15, -0.1) is 0 Å². The van der Waals surface area contributed by atoms with E-state index in [4.69, 9.17) is 0 Å². The predicted molar refractivity (Wildman–Crippen MR) is 538 cm³/mol. The molecule has 15 aromatic carbocycles. The molecular weight excluding hydrogens is 1410 g/mol. The van der Waals surface area contributed by atoms with E-state index in [2.05, 4.69) is 400 Å². The highest BCUT2D eigenvalue weighted by Gasteiger charge is 2.24. The van der Waals surface area contributed by atoms with Crippen LogP contribution in [-0.2, 0) is 6.42 Å². The zero-order valence-corrected chi connectivity index (χ0v) is 78.4. The summed E-state index contributed by atoms with van der Waals surface area (Å²) in [5, 5.41) is 21.7. The van der Waals surface area contributed by atoms with Crippen molar-refractivity contribution in [2.75, 3.05) is 0 Å². The Morgan fingerprint density at radius 1 is 0.222 bits per heavy atom. The summed E-state index contributed by atoms with van der Waals surface area (Å²) in [6, 6.07) is 110. The highest BCUT2D eigenvalue weighted by atomic mass is 14.3. The molecule has 8 atom stereocenters.